The summed E-state index contributed by atoms with van der Waals surface area (Å²) in [5, 5.41) is 8.90. The van der Waals surface area contributed by atoms with Gasteiger partial charge in [0.1, 0.15) is 22.3 Å². The minimum Gasteiger partial charge on any atom is -0.456 e. The number of furan rings is 2. The fourth-order valence-corrected chi connectivity index (χ4v) is 9.80. The molecule has 0 atom stereocenters. The number of fused-ring (bicyclic) bond motifs is 9. The molecule has 0 saturated carbocycles. The summed E-state index contributed by atoms with van der Waals surface area (Å²) in [6.07, 6.45) is 0. The Hall–Kier alpha value is -7.30. The molecule has 0 bridgehead atoms. The number of nitrogens with zero attached hydrogens (tertiary/aromatic N) is 2. The highest BCUT2D eigenvalue weighted by Crippen LogP contribution is 2.45. The van der Waals surface area contributed by atoms with Gasteiger partial charge in [0.2, 0.25) is 0 Å². The Kier molecular flexibility index (Phi) is 10.2. The maximum absolute atomic E-state index is 6.72. The van der Waals surface area contributed by atoms with Crippen molar-refractivity contribution in [2.75, 3.05) is 9.80 Å². The lowest BCUT2D eigenvalue weighted by Gasteiger charge is -2.26. The molecule has 0 amide bonds. The highest BCUT2D eigenvalue weighted by atomic mass is 16.3. The van der Waals surface area contributed by atoms with Crippen molar-refractivity contribution in [2.45, 2.75) is 79.1 Å². The second kappa shape index (κ2) is 16.3. The Balaban J connectivity index is 1.01. The molecule has 0 N–H and O–H groups in total. The number of hydrogen-bond acceptors (Lipinski definition) is 4. The minimum atomic E-state index is 0.465. The molecule has 11 aromatic rings. The van der Waals surface area contributed by atoms with Gasteiger partial charge >= 0.3 is 0 Å². The van der Waals surface area contributed by atoms with Gasteiger partial charge in [0, 0.05) is 55.7 Å². The third-order valence-electron chi connectivity index (χ3n) is 13.7. The van der Waals surface area contributed by atoms with E-state index in [2.05, 4.69) is 235 Å². The second-order valence-corrected chi connectivity index (χ2v) is 19.4. The normalized spacial score (nSPS) is 12.2. The maximum atomic E-state index is 6.72. The summed E-state index contributed by atoms with van der Waals surface area (Å²) in [7, 11) is 0. The first kappa shape index (κ1) is 41.4. The van der Waals surface area contributed by atoms with Gasteiger partial charge < -0.3 is 18.6 Å². The van der Waals surface area contributed by atoms with E-state index in [4.69, 9.17) is 8.83 Å². The number of rotatable bonds is 10. The number of benzene rings is 9. The van der Waals surface area contributed by atoms with Gasteiger partial charge in [-0.1, -0.05) is 116 Å². The quantitative estimate of drug-likeness (QED) is 0.137. The van der Waals surface area contributed by atoms with E-state index in [1.165, 1.54) is 22.3 Å². The summed E-state index contributed by atoms with van der Waals surface area (Å²) in [6, 6.07) is 62.7. The van der Waals surface area contributed by atoms with Gasteiger partial charge in [-0.3, -0.25) is 0 Å². The Morgan fingerprint density at radius 3 is 0.848 bits per heavy atom. The Labute approximate surface area is 387 Å². The van der Waals surface area contributed by atoms with Crippen LogP contribution in [-0.2, 0) is 0 Å². The van der Waals surface area contributed by atoms with Crippen LogP contribution < -0.4 is 9.80 Å². The van der Waals surface area contributed by atoms with E-state index in [1.807, 2.05) is 0 Å². The third-order valence-corrected chi connectivity index (χ3v) is 13.7. The van der Waals surface area contributed by atoms with Gasteiger partial charge in [0.25, 0.3) is 0 Å². The van der Waals surface area contributed by atoms with E-state index < -0.39 is 0 Å². The smallest absolute Gasteiger partial charge is 0.136 e. The van der Waals surface area contributed by atoms with Crippen molar-refractivity contribution in [3.05, 3.63) is 192 Å². The molecule has 4 nitrogen and oxygen atoms in total. The number of hydrogen-bond donors (Lipinski definition) is 0. The molecule has 0 saturated heterocycles. The lowest BCUT2D eigenvalue weighted by Crippen LogP contribution is -2.10. The standard InChI is InChI=1S/C62H56N2O2/c1-37(2)41-9-19-49(20-10-41)63(50-21-11-42(12-22-50)38(3)4)53-27-17-45-33-55-59(35-47(45)31-53)65-57-29-30-58-62(61(55)57)56-34-46-18-28-54(32-48(46)36-60(56)66-58)64(51-23-13-43(14-24-51)39(5)6)52-25-15-44(16-26-52)40(7)8/h9-40H,1-8H3. The summed E-state index contributed by atoms with van der Waals surface area (Å²) in [4.78, 5) is 4.72. The zero-order chi connectivity index (χ0) is 45.4. The Morgan fingerprint density at radius 2 is 0.561 bits per heavy atom. The topological polar surface area (TPSA) is 32.8 Å². The highest BCUT2D eigenvalue weighted by Gasteiger charge is 2.21. The predicted molar refractivity (Wildman–Crippen MR) is 282 cm³/mol. The molecule has 66 heavy (non-hydrogen) atoms. The third kappa shape index (κ3) is 7.26. The first-order valence-electron chi connectivity index (χ1n) is 23.7. The average Bonchev–Trinajstić information content (AvgIpc) is 3.87. The lowest BCUT2D eigenvalue weighted by molar-refractivity contribution is 0.663. The van der Waals surface area contributed by atoms with Crippen LogP contribution in [0, 0.1) is 0 Å². The SMILES string of the molecule is CC(C)c1ccc(N(c2ccc(C(C)C)cc2)c2ccc3cc4c(cc3c2)oc2ccc3oc5cc6cc(N(c7ccc(C(C)C)cc7)c7ccc(C(C)C)cc7)ccc6cc5c3c24)cc1. The molecule has 0 aliphatic heterocycles. The summed E-state index contributed by atoms with van der Waals surface area (Å²) in [5.74, 6) is 1.86. The maximum Gasteiger partial charge on any atom is 0.136 e. The van der Waals surface area contributed by atoms with E-state index in [9.17, 15) is 0 Å². The van der Waals surface area contributed by atoms with Crippen LogP contribution in [0.1, 0.15) is 101 Å². The molecule has 2 heterocycles. The second-order valence-electron chi connectivity index (χ2n) is 19.4. The van der Waals surface area contributed by atoms with Crippen molar-refractivity contribution in [2.24, 2.45) is 0 Å². The highest BCUT2D eigenvalue weighted by molar-refractivity contribution is 6.27. The molecule has 2 aromatic heterocycles. The van der Waals surface area contributed by atoms with Crippen molar-refractivity contribution in [1.82, 2.24) is 0 Å². The van der Waals surface area contributed by atoms with E-state index in [0.29, 0.717) is 23.7 Å². The molecular formula is C62H56N2O2. The fourth-order valence-electron chi connectivity index (χ4n) is 9.80. The van der Waals surface area contributed by atoms with Crippen LogP contribution in [0.2, 0.25) is 0 Å². The van der Waals surface area contributed by atoms with Crippen LogP contribution in [0.25, 0.3) is 65.4 Å². The van der Waals surface area contributed by atoms with Gasteiger partial charge in [-0.05, 0) is 177 Å². The summed E-state index contributed by atoms with van der Waals surface area (Å²) < 4.78 is 13.4. The molecule has 0 fully saturated rings. The number of anilines is 6. The monoisotopic (exact) mass is 860 g/mol. The van der Waals surface area contributed by atoms with Crippen LogP contribution in [0.5, 0.6) is 0 Å². The van der Waals surface area contributed by atoms with Crippen LogP contribution in [0.3, 0.4) is 0 Å². The minimum absolute atomic E-state index is 0.465. The van der Waals surface area contributed by atoms with Crippen molar-refractivity contribution in [1.29, 1.82) is 0 Å². The summed E-state index contributed by atoms with van der Waals surface area (Å²) in [5.41, 5.74) is 15.5. The average molecular weight is 861 g/mol. The largest absolute Gasteiger partial charge is 0.456 e. The van der Waals surface area contributed by atoms with Gasteiger partial charge in [-0.15, -0.1) is 0 Å². The molecule has 0 aliphatic rings. The van der Waals surface area contributed by atoms with Crippen LogP contribution in [-0.4, -0.2) is 0 Å². The fraction of sp³-hybridized carbons (Fsp3) is 0.194. The molecule has 0 radical (unpaired) electrons. The summed E-state index contributed by atoms with van der Waals surface area (Å²) >= 11 is 0. The molecule has 0 unspecified atom stereocenters. The van der Waals surface area contributed by atoms with Crippen LogP contribution >= 0.6 is 0 Å². The Morgan fingerprint density at radius 1 is 0.273 bits per heavy atom. The van der Waals surface area contributed by atoms with E-state index in [1.54, 1.807) is 0 Å². The lowest BCUT2D eigenvalue weighted by atomic mass is 9.99. The van der Waals surface area contributed by atoms with E-state index >= 15 is 0 Å². The molecule has 326 valence electrons. The van der Waals surface area contributed by atoms with Gasteiger partial charge in [-0.25, -0.2) is 0 Å². The predicted octanol–water partition coefficient (Wildman–Crippen LogP) is 19.2. The molecule has 4 heteroatoms. The van der Waals surface area contributed by atoms with Crippen molar-refractivity contribution >= 4 is 99.5 Å². The van der Waals surface area contributed by atoms with Crippen molar-refractivity contribution in [3.63, 3.8) is 0 Å². The molecule has 11 rings (SSSR count). The van der Waals surface area contributed by atoms with Crippen LogP contribution in [0.15, 0.2) is 179 Å². The van der Waals surface area contributed by atoms with Crippen LogP contribution in [0.4, 0.5) is 34.1 Å². The van der Waals surface area contributed by atoms with Gasteiger partial charge in [0.05, 0.1) is 0 Å². The van der Waals surface area contributed by atoms with Crippen molar-refractivity contribution < 1.29 is 8.83 Å². The molecule has 0 aliphatic carbocycles. The molecular weight excluding hydrogens is 805 g/mol. The van der Waals surface area contributed by atoms with Gasteiger partial charge in [0.15, 0.2) is 0 Å². The van der Waals surface area contributed by atoms with E-state index in [0.717, 1.165) is 99.5 Å². The van der Waals surface area contributed by atoms with Crippen molar-refractivity contribution in [3.8, 4) is 0 Å². The zero-order valence-electron chi connectivity index (χ0n) is 39.2. The summed E-state index contributed by atoms with van der Waals surface area (Å²) in [6.45, 7) is 17.9. The molecule has 0 spiro atoms. The molecule has 9 aromatic carbocycles. The Bertz CT molecular complexity index is 3230. The van der Waals surface area contributed by atoms with Gasteiger partial charge in [-0.2, -0.15) is 0 Å². The zero-order valence-corrected chi connectivity index (χ0v) is 39.2. The first-order chi connectivity index (χ1) is 32.0. The van der Waals surface area contributed by atoms with E-state index in [-0.39, 0.29) is 0 Å². The first-order valence-corrected chi connectivity index (χ1v) is 23.7.